The standard InChI is InChI=1S/C26H32N4O3/c1-18-4-10-23(11-5-18)26-29-28-25(33-26)13-12-24(31)27-14-21-6-8-22(9-7-21)17-30-15-19(2)32-20(3)16-30/h4-11,19-20H,12-17H2,1-3H3,(H,27,31). The van der Waals surface area contributed by atoms with Crippen LogP contribution < -0.4 is 5.32 Å². The van der Waals surface area contributed by atoms with Crippen molar-refractivity contribution in [1.82, 2.24) is 20.4 Å². The smallest absolute Gasteiger partial charge is 0.247 e. The van der Waals surface area contributed by atoms with E-state index in [4.69, 9.17) is 9.15 Å². The van der Waals surface area contributed by atoms with Crippen LogP contribution in [0.5, 0.6) is 0 Å². The van der Waals surface area contributed by atoms with Gasteiger partial charge in [-0.3, -0.25) is 9.69 Å². The normalized spacial score (nSPS) is 18.9. The van der Waals surface area contributed by atoms with E-state index in [0.29, 0.717) is 31.2 Å². The monoisotopic (exact) mass is 448 g/mol. The van der Waals surface area contributed by atoms with Gasteiger partial charge < -0.3 is 14.5 Å². The Morgan fingerprint density at radius 3 is 2.36 bits per heavy atom. The molecule has 4 rings (SSSR count). The number of amides is 1. The Balaban J connectivity index is 1.20. The van der Waals surface area contributed by atoms with E-state index in [0.717, 1.165) is 30.8 Å². The van der Waals surface area contributed by atoms with E-state index in [-0.39, 0.29) is 18.1 Å². The number of hydrogen-bond acceptors (Lipinski definition) is 6. The second-order valence-corrected chi connectivity index (χ2v) is 8.91. The lowest BCUT2D eigenvalue weighted by Crippen LogP contribution is -2.44. The summed E-state index contributed by atoms with van der Waals surface area (Å²) in [6.45, 7) is 9.60. The van der Waals surface area contributed by atoms with E-state index < -0.39 is 0 Å². The van der Waals surface area contributed by atoms with Gasteiger partial charge in [-0.25, -0.2) is 0 Å². The maximum atomic E-state index is 12.3. The lowest BCUT2D eigenvalue weighted by atomic mass is 10.1. The molecule has 7 heteroatoms. The number of rotatable bonds is 8. The molecule has 0 aliphatic carbocycles. The Morgan fingerprint density at radius 1 is 1.00 bits per heavy atom. The predicted molar refractivity (Wildman–Crippen MR) is 126 cm³/mol. The molecule has 1 fully saturated rings. The summed E-state index contributed by atoms with van der Waals surface area (Å²) in [6, 6.07) is 16.3. The first-order chi connectivity index (χ1) is 15.9. The topological polar surface area (TPSA) is 80.5 Å². The zero-order valence-corrected chi connectivity index (χ0v) is 19.6. The molecule has 0 saturated carbocycles. The third-order valence-electron chi connectivity index (χ3n) is 5.75. The molecule has 2 unspecified atom stereocenters. The summed E-state index contributed by atoms with van der Waals surface area (Å²) >= 11 is 0. The number of morpholine rings is 1. The SMILES string of the molecule is Cc1ccc(-c2nnc(CCC(=O)NCc3ccc(CN4CC(C)OC(C)C4)cc3)o2)cc1. The van der Waals surface area contributed by atoms with Crippen LogP contribution >= 0.6 is 0 Å². The highest BCUT2D eigenvalue weighted by Gasteiger charge is 2.22. The van der Waals surface area contributed by atoms with Gasteiger partial charge in [-0.1, -0.05) is 42.0 Å². The minimum atomic E-state index is -0.0366. The fourth-order valence-electron chi connectivity index (χ4n) is 4.11. The van der Waals surface area contributed by atoms with Crippen LogP contribution in [0.3, 0.4) is 0 Å². The summed E-state index contributed by atoms with van der Waals surface area (Å²) in [5.74, 6) is 0.911. The number of aryl methyl sites for hydroxylation is 2. The molecule has 1 amide bonds. The molecule has 2 heterocycles. The number of hydrogen-bond donors (Lipinski definition) is 1. The van der Waals surface area contributed by atoms with Gasteiger partial charge in [0.2, 0.25) is 17.7 Å². The fourth-order valence-corrected chi connectivity index (χ4v) is 4.11. The molecule has 174 valence electrons. The number of nitrogens with zero attached hydrogens (tertiary/aromatic N) is 3. The Hall–Kier alpha value is -3.03. The van der Waals surface area contributed by atoms with E-state index in [1.807, 2.05) is 31.2 Å². The van der Waals surface area contributed by atoms with Gasteiger partial charge in [-0.2, -0.15) is 0 Å². The third-order valence-corrected chi connectivity index (χ3v) is 5.75. The van der Waals surface area contributed by atoms with Crippen molar-refractivity contribution in [2.24, 2.45) is 0 Å². The molecular weight excluding hydrogens is 416 g/mol. The number of benzene rings is 2. The number of nitrogens with one attached hydrogen (secondary N) is 1. The van der Waals surface area contributed by atoms with Crippen LogP contribution in [0.2, 0.25) is 0 Å². The molecule has 0 bridgehead atoms. The molecule has 33 heavy (non-hydrogen) atoms. The van der Waals surface area contributed by atoms with Crippen molar-refractivity contribution >= 4 is 5.91 Å². The van der Waals surface area contributed by atoms with Gasteiger partial charge >= 0.3 is 0 Å². The highest BCUT2D eigenvalue weighted by molar-refractivity contribution is 5.76. The Labute approximate surface area is 195 Å². The summed E-state index contributed by atoms with van der Waals surface area (Å²) in [6.07, 6.45) is 1.26. The second kappa shape index (κ2) is 10.7. The Bertz CT molecular complexity index is 1040. The highest BCUT2D eigenvalue weighted by atomic mass is 16.5. The van der Waals surface area contributed by atoms with E-state index in [9.17, 15) is 4.79 Å². The van der Waals surface area contributed by atoms with Gasteiger partial charge in [0.15, 0.2) is 0 Å². The predicted octanol–water partition coefficient (Wildman–Crippen LogP) is 3.90. The van der Waals surface area contributed by atoms with Gasteiger partial charge in [0.1, 0.15) is 0 Å². The van der Waals surface area contributed by atoms with Gasteiger partial charge in [-0.15, -0.1) is 10.2 Å². The van der Waals surface area contributed by atoms with E-state index >= 15 is 0 Å². The maximum absolute atomic E-state index is 12.3. The van der Waals surface area contributed by atoms with Crippen molar-refractivity contribution < 1.29 is 13.9 Å². The molecule has 1 saturated heterocycles. The zero-order chi connectivity index (χ0) is 23.2. The average molecular weight is 449 g/mol. The highest BCUT2D eigenvalue weighted by Crippen LogP contribution is 2.19. The first-order valence-corrected chi connectivity index (χ1v) is 11.6. The summed E-state index contributed by atoms with van der Waals surface area (Å²) in [5, 5.41) is 11.1. The molecule has 1 aromatic heterocycles. The van der Waals surface area contributed by atoms with E-state index in [2.05, 4.69) is 58.5 Å². The molecule has 1 aliphatic heterocycles. The van der Waals surface area contributed by atoms with Crippen molar-refractivity contribution in [2.45, 2.75) is 58.9 Å². The minimum Gasteiger partial charge on any atom is -0.421 e. The molecule has 3 aromatic rings. The van der Waals surface area contributed by atoms with Crippen LogP contribution in [0.1, 0.15) is 42.8 Å². The lowest BCUT2D eigenvalue weighted by molar-refractivity contribution is -0.121. The van der Waals surface area contributed by atoms with Crippen LogP contribution in [0.15, 0.2) is 52.9 Å². The van der Waals surface area contributed by atoms with Crippen molar-refractivity contribution in [3.05, 3.63) is 71.1 Å². The average Bonchev–Trinajstić information content (AvgIpc) is 3.26. The van der Waals surface area contributed by atoms with E-state index in [1.54, 1.807) is 0 Å². The second-order valence-electron chi connectivity index (χ2n) is 8.91. The van der Waals surface area contributed by atoms with Gasteiger partial charge in [0.05, 0.1) is 12.2 Å². The van der Waals surface area contributed by atoms with Gasteiger partial charge in [-0.05, 0) is 44.0 Å². The molecule has 0 spiro atoms. The number of aromatic nitrogens is 2. The summed E-state index contributed by atoms with van der Waals surface area (Å²) in [7, 11) is 0. The van der Waals surface area contributed by atoms with Crippen LogP contribution in [0.25, 0.3) is 11.5 Å². The van der Waals surface area contributed by atoms with Gasteiger partial charge in [0.25, 0.3) is 0 Å². The molecule has 7 nitrogen and oxygen atoms in total. The molecular formula is C26H32N4O3. The third kappa shape index (κ3) is 6.73. The van der Waals surface area contributed by atoms with E-state index in [1.165, 1.54) is 11.1 Å². The summed E-state index contributed by atoms with van der Waals surface area (Å²) in [4.78, 5) is 14.7. The minimum absolute atomic E-state index is 0.0366. The summed E-state index contributed by atoms with van der Waals surface area (Å²) in [5.41, 5.74) is 4.40. The quantitative estimate of drug-likeness (QED) is 0.563. The summed E-state index contributed by atoms with van der Waals surface area (Å²) < 4.78 is 11.5. The van der Waals surface area contributed by atoms with Crippen molar-refractivity contribution in [2.75, 3.05) is 13.1 Å². The van der Waals surface area contributed by atoms with Crippen LogP contribution in [0, 0.1) is 6.92 Å². The van der Waals surface area contributed by atoms with Crippen LogP contribution in [0.4, 0.5) is 0 Å². The Kier molecular flexibility index (Phi) is 7.52. The number of carbonyl (C=O) groups excluding carboxylic acids is 1. The maximum Gasteiger partial charge on any atom is 0.247 e. The molecule has 1 N–H and O–H groups in total. The van der Waals surface area contributed by atoms with Gasteiger partial charge in [0, 0.05) is 44.6 Å². The first-order valence-electron chi connectivity index (χ1n) is 11.6. The lowest BCUT2D eigenvalue weighted by Gasteiger charge is -2.35. The van der Waals surface area contributed by atoms with Crippen molar-refractivity contribution in [3.63, 3.8) is 0 Å². The van der Waals surface area contributed by atoms with Crippen LogP contribution in [-0.4, -0.2) is 46.3 Å². The zero-order valence-electron chi connectivity index (χ0n) is 19.6. The van der Waals surface area contributed by atoms with Crippen molar-refractivity contribution in [1.29, 1.82) is 0 Å². The number of ether oxygens (including phenoxy) is 1. The number of carbonyl (C=O) groups is 1. The molecule has 0 radical (unpaired) electrons. The fraction of sp³-hybridized carbons (Fsp3) is 0.423. The molecule has 2 atom stereocenters. The Morgan fingerprint density at radius 2 is 1.67 bits per heavy atom. The van der Waals surface area contributed by atoms with Crippen molar-refractivity contribution in [3.8, 4) is 11.5 Å². The largest absolute Gasteiger partial charge is 0.421 e. The molecule has 2 aromatic carbocycles. The molecule has 1 aliphatic rings. The first kappa shape index (κ1) is 23.1. The van der Waals surface area contributed by atoms with Crippen LogP contribution in [-0.2, 0) is 29.0 Å².